The monoisotopic (exact) mass is 302 g/mol. The first-order chi connectivity index (χ1) is 9.47. The Kier molecular flexibility index (Phi) is 3.27. The van der Waals surface area contributed by atoms with E-state index in [1.165, 1.54) is 11.9 Å². The Morgan fingerprint density at radius 1 is 1.05 bits per heavy atom. The zero-order chi connectivity index (χ0) is 14.3. The summed E-state index contributed by atoms with van der Waals surface area (Å²) in [6, 6.07) is 8.64. The predicted octanol–water partition coefficient (Wildman–Crippen LogP) is 5.31. The van der Waals surface area contributed by atoms with Crippen molar-refractivity contribution in [2.24, 2.45) is 0 Å². The van der Waals surface area contributed by atoms with Gasteiger partial charge in [-0.05, 0) is 16.5 Å². The molecule has 4 heteroatoms. The maximum absolute atomic E-state index is 6.21. The van der Waals surface area contributed by atoms with Crippen molar-refractivity contribution in [2.75, 3.05) is 0 Å². The molecule has 2 aromatic heterocycles. The van der Waals surface area contributed by atoms with Crippen LogP contribution in [0.1, 0.15) is 26.3 Å². The van der Waals surface area contributed by atoms with E-state index in [1.807, 2.05) is 0 Å². The molecule has 3 rings (SSSR count). The summed E-state index contributed by atoms with van der Waals surface area (Å²) in [4.78, 5) is 9.28. The number of fused-ring (bicyclic) bond motifs is 1. The average molecular weight is 303 g/mol. The molecule has 3 aromatic rings. The van der Waals surface area contributed by atoms with Crippen molar-refractivity contribution in [3.8, 4) is 11.1 Å². The fourth-order valence-electron chi connectivity index (χ4n) is 2.20. The van der Waals surface area contributed by atoms with Gasteiger partial charge in [0.25, 0.3) is 0 Å². The lowest BCUT2D eigenvalue weighted by atomic mass is 9.86. The van der Waals surface area contributed by atoms with Crippen LogP contribution < -0.4 is 0 Å². The third-order valence-corrected chi connectivity index (χ3v) is 4.56. The first-order valence-electron chi connectivity index (χ1n) is 6.45. The summed E-state index contributed by atoms with van der Waals surface area (Å²) in [5.41, 5.74) is 3.75. The molecule has 0 aliphatic heterocycles. The van der Waals surface area contributed by atoms with Crippen molar-refractivity contribution in [3.05, 3.63) is 46.7 Å². The van der Waals surface area contributed by atoms with Crippen LogP contribution in [0.3, 0.4) is 0 Å². The van der Waals surface area contributed by atoms with Gasteiger partial charge in [0.15, 0.2) is 0 Å². The Morgan fingerprint density at radius 3 is 2.40 bits per heavy atom. The van der Waals surface area contributed by atoms with Gasteiger partial charge in [-0.2, -0.15) is 0 Å². The highest BCUT2D eigenvalue weighted by molar-refractivity contribution is 7.17. The Labute approximate surface area is 127 Å². The van der Waals surface area contributed by atoms with Crippen LogP contribution in [-0.4, -0.2) is 9.97 Å². The third-order valence-electron chi connectivity index (χ3n) is 3.39. The summed E-state index contributed by atoms with van der Waals surface area (Å²) in [7, 11) is 0. The van der Waals surface area contributed by atoms with Crippen molar-refractivity contribution in [3.63, 3.8) is 0 Å². The molecule has 0 aliphatic carbocycles. The van der Waals surface area contributed by atoms with E-state index in [0.29, 0.717) is 5.15 Å². The molecule has 0 unspecified atom stereocenters. The highest BCUT2D eigenvalue weighted by atomic mass is 35.5. The Morgan fingerprint density at radius 2 is 1.75 bits per heavy atom. The van der Waals surface area contributed by atoms with Gasteiger partial charge in [0, 0.05) is 10.9 Å². The first kappa shape index (κ1) is 13.5. The summed E-state index contributed by atoms with van der Waals surface area (Å²) >= 11 is 7.81. The lowest BCUT2D eigenvalue weighted by Gasteiger charge is -2.19. The average Bonchev–Trinajstić information content (AvgIpc) is 2.83. The van der Waals surface area contributed by atoms with Crippen molar-refractivity contribution in [1.29, 1.82) is 0 Å². The Hall–Kier alpha value is -1.45. The van der Waals surface area contributed by atoms with E-state index >= 15 is 0 Å². The molecular weight excluding hydrogens is 288 g/mol. The van der Waals surface area contributed by atoms with Crippen molar-refractivity contribution in [2.45, 2.75) is 26.2 Å². The summed E-state index contributed by atoms with van der Waals surface area (Å²) in [5, 5.41) is 3.56. The second-order valence-corrected chi connectivity index (χ2v) is 7.04. The SMILES string of the molecule is CC(C)(C)c1ccc(-c2csc3ncnc(Cl)c23)cc1. The van der Waals surface area contributed by atoms with E-state index in [1.54, 1.807) is 11.3 Å². The lowest BCUT2D eigenvalue weighted by Crippen LogP contribution is -2.10. The van der Waals surface area contributed by atoms with E-state index in [-0.39, 0.29) is 5.41 Å². The minimum Gasteiger partial charge on any atom is -0.225 e. The Bertz CT molecular complexity index is 754. The van der Waals surface area contributed by atoms with E-state index in [2.05, 4.69) is 60.4 Å². The second-order valence-electron chi connectivity index (χ2n) is 5.82. The van der Waals surface area contributed by atoms with E-state index in [4.69, 9.17) is 11.6 Å². The summed E-state index contributed by atoms with van der Waals surface area (Å²) in [6.45, 7) is 6.64. The van der Waals surface area contributed by atoms with Crippen molar-refractivity contribution < 1.29 is 0 Å². The van der Waals surface area contributed by atoms with Crippen LogP contribution in [0, 0.1) is 0 Å². The molecule has 0 spiro atoms. The maximum atomic E-state index is 6.21. The van der Waals surface area contributed by atoms with Crippen LogP contribution in [0.15, 0.2) is 36.0 Å². The van der Waals surface area contributed by atoms with E-state index in [0.717, 1.165) is 21.3 Å². The van der Waals surface area contributed by atoms with Gasteiger partial charge in [0.1, 0.15) is 16.3 Å². The van der Waals surface area contributed by atoms with Gasteiger partial charge in [-0.15, -0.1) is 11.3 Å². The first-order valence-corrected chi connectivity index (χ1v) is 7.71. The molecule has 2 nitrogen and oxygen atoms in total. The van der Waals surface area contributed by atoms with Gasteiger partial charge >= 0.3 is 0 Å². The van der Waals surface area contributed by atoms with Crippen LogP contribution in [0.25, 0.3) is 21.3 Å². The largest absolute Gasteiger partial charge is 0.225 e. The third kappa shape index (κ3) is 2.32. The molecule has 0 amide bonds. The van der Waals surface area contributed by atoms with Gasteiger partial charge in [-0.25, -0.2) is 9.97 Å². The fourth-order valence-corrected chi connectivity index (χ4v) is 3.41. The summed E-state index contributed by atoms with van der Waals surface area (Å²) < 4.78 is 0. The molecule has 102 valence electrons. The molecule has 1 aromatic carbocycles. The number of hydrogen-bond donors (Lipinski definition) is 0. The number of halogens is 1. The number of benzene rings is 1. The van der Waals surface area contributed by atoms with Gasteiger partial charge in [-0.1, -0.05) is 56.6 Å². The molecule has 0 aliphatic rings. The number of aromatic nitrogens is 2. The van der Waals surface area contributed by atoms with E-state index < -0.39 is 0 Å². The highest BCUT2D eigenvalue weighted by Crippen LogP contribution is 2.36. The molecular formula is C16H15ClN2S. The standard InChI is InChI=1S/C16H15ClN2S/c1-16(2,3)11-6-4-10(5-7-11)12-8-20-15-13(12)14(17)18-9-19-15/h4-9H,1-3H3. The zero-order valence-corrected chi connectivity index (χ0v) is 13.2. The lowest BCUT2D eigenvalue weighted by molar-refractivity contribution is 0.590. The van der Waals surface area contributed by atoms with Gasteiger partial charge in [0.2, 0.25) is 0 Å². The zero-order valence-electron chi connectivity index (χ0n) is 11.6. The molecule has 0 saturated heterocycles. The molecule has 20 heavy (non-hydrogen) atoms. The highest BCUT2D eigenvalue weighted by Gasteiger charge is 2.15. The quantitative estimate of drug-likeness (QED) is 0.569. The number of rotatable bonds is 1. The molecule has 0 radical (unpaired) electrons. The second kappa shape index (κ2) is 4.83. The smallest absolute Gasteiger partial charge is 0.141 e. The molecule has 0 N–H and O–H groups in total. The van der Waals surface area contributed by atoms with Crippen LogP contribution in [0.4, 0.5) is 0 Å². The molecule has 0 bridgehead atoms. The molecule has 0 saturated carbocycles. The predicted molar refractivity (Wildman–Crippen MR) is 86.6 cm³/mol. The van der Waals surface area contributed by atoms with Crippen LogP contribution >= 0.6 is 22.9 Å². The summed E-state index contributed by atoms with van der Waals surface area (Å²) in [5.74, 6) is 0. The molecule has 0 fully saturated rings. The number of hydrogen-bond acceptors (Lipinski definition) is 3. The van der Waals surface area contributed by atoms with E-state index in [9.17, 15) is 0 Å². The van der Waals surface area contributed by atoms with Crippen LogP contribution in [0.2, 0.25) is 5.15 Å². The normalized spacial score (nSPS) is 12.0. The Balaban J connectivity index is 2.12. The topological polar surface area (TPSA) is 25.8 Å². The minimum absolute atomic E-state index is 0.163. The number of nitrogens with zero attached hydrogens (tertiary/aromatic N) is 2. The maximum Gasteiger partial charge on any atom is 0.141 e. The van der Waals surface area contributed by atoms with Crippen molar-refractivity contribution >= 4 is 33.2 Å². The fraction of sp³-hybridized carbons (Fsp3) is 0.250. The molecule has 2 heterocycles. The van der Waals surface area contributed by atoms with Crippen LogP contribution in [0.5, 0.6) is 0 Å². The number of thiophene rings is 1. The summed E-state index contributed by atoms with van der Waals surface area (Å²) in [6.07, 6.45) is 1.51. The van der Waals surface area contributed by atoms with Crippen LogP contribution in [-0.2, 0) is 5.41 Å². The van der Waals surface area contributed by atoms with Gasteiger partial charge < -0.3 is 0 Å². The van der Waals surface area contributed by atoms with Gasteiger partial charge in [0.05, 0.1) is 5.39 Å². The minimum atomic E-state index is 0.163. The van der Waals surface area contributed by atoms with Crippen molar-refractivity contribution in [1.82, 2.24) is 9.97 Å². The molecule has 0 atom stereocenters. The van der Waals surface area contributed by atoms with Gasteiger partial charge in [-0.3, -0.25) is 0 Å².